The van der Waals surface area contributed by atoms with Gasteiger partial charge < -0.3 is 15.5 Å². The van der Waals surface area contributed by atoms with Gasteiger partial charge in [-0.1, -0.05) is 78.4 Å². The SMILES string of the molecule is Cc1ccc2c(c1)[C@@H](c1ccccc1)N(C(=S)NCc1ccccc1)CC(=O)N2. The Morgan fingerprint density at radius 3 is 2.48 bits per heavy atom. The van der Waals surface area contributed by atoms with E-state index in [9.17, 15) is 4.79 Å². The first-order valence-electron chi connectivity index (χ1n) is 9.65. The lowest BCUT2D eigenvalue weighted by Gasteiger charge is -2.33. The van der Waals surface area contributed by atoms with Crippen LogP contribution in [0.25, 0.3) is 0 Å². The average Bonchev–Trinajstić information content (AvgIpc) is 2.89. The molecule has 0 spiro atoms. The van der Waals surface area contributed by atoms with Crippen LogP contribution in [-0.2, 0) is 11.3 Å². The third-order valence-electron chi connectivity index (χ3n) is 5.06. The molecule has 1 aliphatic rings. The molecule has 3 aromatic carbocycles. The summed E-state index contributed by atoms with van der Waals surface area (Å²) in [5, 5.41) is 6.94. The molecule has 0 fully saturated rings. The van der Waals surface area contributed by atoms with Crippen LogP contribution in [0, 0.1) is 6.92 Å². The van der Waals surface area contributed by atoms with E-state index in [0.29, 0.717) is 11.7 Å². The number of anilines is 1. The van der Waals surface area contributed by atoms with E-state index in [1.54, 1.807) is 0 Å². The van der Waals surface area contributed by atoms with Crippen molar-refractivity contribution < 1.29 is 4.79 Å². The average molecular weight is 402 g/mol. The van der Waals surface area contributed by atoms with Crippen LogP contribution < -0.4 is 10.6 Å². The number of carbonyl (C=O) groups is 1. The molecule has 146 valence electrons. The van der Waals surface area contributed by atoms with Crippen LogP contribution in [0.3, 0.4) is 0 Å². The fourth-order valence-electron chi connectivity index (χ4n) is 3.68. The Morgan fingerprint density at radius 1 is 1.07 bits per heavy atom. The molecule has 1 amide bonds. The van der Waals surface area contributed by atoms with Gasteiger partial charge in [-0.2, -0.15) is 0 Å². The van der Waals surface area contributed by atoms with Gasteiger partial charge in [0.2, 0.25) is 5.91 Å². The van der Waals surface area contributed by atoms with Crippen LogP contribution in [0.15, 0.2) is 78.9 Å². The van der Waals surface area contributed by atoms with Gasteiger partial charge in [0.15, 0.2) is 5.11 Å². The highest BCUT2D eigenvalue weighted by Crippen LogP contribution is 2.36. The van der Waals surface area contributed by atoms with E-state index in [4.69, 9.17) is 12.2 Å². The summed E-state index contributed by atoms with van der Waals surface area (Å²) in [6.45, 7) is 2.86. The number of benzene rings is 3. The third kappa shape index (κ3) is 4.30. The summed E-state index contributed by atoms with van der Waals surface area (Å²) < 4.78 is 0. The van der Waals surface area contributed by atoms with Crippen molar-refractivity contribution in [2.45, 2.75) is 19.5 Å². The van der Waals surface area contributed by atoms with Crippen molar-refractivity contribution in [1.82, 2.24) is 10.2 Å². The Kier molecular flexibility index (Phi) is 5.58. The highest BCUT2D eigenvalue weighted by molar-refractivity contribution is 7.80. The van der Waals surface area contributed by atoms with E-state index in [1.807, 2.05) is 53.4 Å². The Balaban J connectivity index is 1.71. The van der Waals surface area contributed by atoms with Crippen LogP contribution in [0.2, 0.25) is 0 Å². The fraction of sp³-hybridized carbons (Fsp3) is 0.167. The van der Waals surface area contributed by atoms with E-state index in [2.05, 4.69) is 47.9 Å². The summed E-state index contributed by atoms with van der Waals surface area (Å²) in [5.41, 5.74) is 5.26. The summed E-state index contributed by atoms with van der Waals surface area (Å²) in [6, 6.07) is 26.3. The van der Waals surface area contributed by atoms with Gasteiger partial charge in [-0.25, -0.2) is 0 Å². The Bertz CT molecular complexity index is 1020. The highest BCUT2D eigenvalue weighted by Gasteiger charge is 2.31. The summed E-state index contributed by atoms with van der Waals surface area (Å²) in [7, 11) is 0. The number of hydrogen-bond donors (Lipinski definition) is 2. The van der Waals surface area contributed by atoms with Gasteiger partial charge in [-0.05, 0) is 36.3 Å². The topological polar surface area (TPSA) is 44.4 Å². The zero-order valence-corrected chi connectivity index (χ0v) is 17.1. The molecule has 0 radical (unpaired) electrons. The molecule has 1 atom stereocenters. The summed E-state index contributed by atoms with van der Waals surface area (Å²) in [5.74, 6) is -0.0719. The molecule has 1 aliphatic heterocycles. The maximum Gasteiger partial charge on any atom is 0.244 e. The second kappa shape index (κ2) is 8.45. The normalized spacial score (nSPS) is 15.8. The lowest BCUT2D eigenvalue weighted by atomic mass is 9.95. The number of nitrogens with zero attached hydrogens (tertiary/aromatic N) is 1. The largest absolute Gasteiger partial charge is 0.358 e. The van der Waals surface area contributed by atoms with Crippen molar-refractivity contribution in [3.8, 4) is 0 Å². The molecule has 0 unspecified atom stereocenters. The van der Waals surface area contributed by atoms with Gasteiger partial charge in [0.25, 0.3) is 0 Å². The summed E-state index contributed by atoms with van der Waals surface area (Å²) in [4.78, 5) is 14.6. The number of thiocarbonyl (C=S) groups is 1. The zero-order valence-electron chi connectivity index (χ0n) is 16.3. The second-order valence-corrected chi connectivity index (χ2v) is 7.61. The Morgan fingerprint density at radius 2 is 1.76 bits per heavy atom. The van der Waals surface area contributed by atoms with Crippen molar-refractivity contribution in [3.63, 3.8) is 0 Å². The standard InChI is InChI=1S/C24H23N3OS/c1-17-12-13-21-20(14-17)23(19-10-6-3-7-11-19)27(16-22(28)26-21)24(29)25-15-18-8-4-2-5-9-18/h2-14,23H,15-16H2,1H3,(H,25,29)(H,26,28)/t23-/m1/s1. The molecule has 4 rings (SSSR count). The molecular formula is C24H23N3OS. The van der Waals surface area contributed by atoms with Gasteiger partial charge >= 0.3 is 0 Å². The lowest BCUT2D eigenvalue weighted by molar-refractivity contribution is -0.116. The van der Waals surface area contributed by atoms with Crippen molar-refractivity contribution in [2.75, 3.05) is 11.9 Å². The van der Waals surface area contributed by atoms with Gasteiger partial charge in [-0.3, -0.25) is 4.79 Å². The van der Waals surface area contributed by atoms with E-state index in [0.717, 1.165) is 27.9 Å². The minimum atomic E-state index is -0.152. The predicted octanol–water partition coefficient (Wildman–Crippen LogP) is 4.41. The number of hydrogen-bond acceptors (Lipinski definition) is 2. The van der Waals surface area contributed by atoms with Crippen molar-refractivity contribution in [2.24, 2.45) is 0 Å². The lowest BCUT2D eigenvalue weighted by Crippen LogP contribution is -2.44. The molecule has 1 heterocycles. The predicted molar refractivity (Wildman–Crippen MR) is 121 cm³/mol. The van der Waals surface area contributed by atoms with Crippen LogP contribution >= 0.6 is 12.2 Å². The van der Waals surface area contributed by atoms with Crippen molar-refractivity contribution >= 4 is 28.9 Å². The van der Waals surface area contributed by atoms with Gasteiger partial charge in [0, 0.05) is 17.8 Å². The zero-order chi connectivity index (χ0) is 20.2. The van der Waals surface area contributed by atoms with E-state index in [1.165, 1.54) is 0 Å². The van der Waals surface area contributed by atoms with E-state index >= 15 is 0 Å². The molecule has 0 saturated heterocycles. The van der Waals surface area contributed by atoms with Crippen LogP contribution in [-0.4, -0.2) is 22.5 Å². The van der Waals surface area contributed by atoms with Gasteiger partial charge in [-0.15, -0.1) is 0 Å². The van der Waals surface area contributed by atoms with Crippen LogP contribution in [0.4, 0.5) is 5.69 Å². The number of aryl methyl sites for hydroxylation is 1. The first-order chi connectivity index (χ1) is 14.1. The molecule has 2 N–H and O–H groups in total. The molecule has 29 heavy (non-hydrogen) atoms. The maximum atomic E-state index is 12.7. The van der Waals surface area contributed by atoms with E-state index < -0.39 is 0 Å². The smallest absolute Gasteiger partial charge is 0.244 e. The number of carbonyl (C=O) groups excluding carboxylic acids is 1. The molecular weight excluding hydrogens is 378 g/mol. The first-order valence-corrected chi connectivity index (χ1v) is 10.1. The van der Waals surface area contributed by atoms with Crippen molar-refractivity contribution in [1.29, 1.82) is 0 Å². The van der Waals surface area contributed by atoms with Crippen LogP contribution in [0.1, 0.15) is 28.3 Å². The number of nitrogens with one attached hydrogen (secondary N) is 2. The minimum absolute atomic E-state index is 0.0719. The van der Waals surface area contributed by atoms with Crippen molar-refractivity contribution in [3.05, 3.63) is 101 Å². The third-order valence-corrected chi connectivity index (χ3v) is 5.44. The highest BCUT2D eigenvalue weighted by atomic mass is 32.1. The molecule has 0 aliphatic carbocycles. The Hall–Kier alpha value is -3.18. The van der Waals surface area contributed by atoms with E-state index in [-0.39, 0.29) is 18.5 Å². The number of fused-ring (bicyclic) bond motifs is 1. The van der Waals surface area contributed by atoms with Crippen LogP contribution in [0.5, 0.6) is 0 Å². The summed E-state index contributed by atoms with van der Waals surface area (Å²) >= 11 is 5.76. The van der Waals surface area contributed by atoms with Gasteiger partial charge in [0.1, 0.15) is 6.54 Å². The fourth-order valence-corrected chi connectivity index (χ4v) is 3.93. The molecule has 4 nitrogen and oxygen atoms in total. The molecule has 0 aromatic heterocycles. The second-order valence-electron chi connectivity index (χ2n) is 7.22. The summed E-state index contributed by atoms with van der Waals surface area (Å²) in [6.07, 6.45) is 0. The molecule has 3 aromatic rings. The Labute approximate surface area is 176 Å². The molecule has 5 heteroatoms. The molecule has 0 bridgehead atoms. The molecule has 0 saturated carbocycles. The number of rotatable bonds is 3. The maximum absolute atomic E-state index is 12.7. The number of amides is 1. The minimum Gasteiger partial charge on any atom is -0.358 e. The van der Waals surface area contributed by atoms with Gasteiger partial charge in [0.05, 0.1) is 6.04 Å². The first kappa shape index (κ1) is 19.2. The monoisotopic (exact) mass is 401 g/mol. The quantitative estimate of drug-likeness (QED) is 0.638.